The molecule has 0 fully saturated rings. The summed E-state index contributed by atoms with van der Waals surface area (Å²) in [7, 11) is -2.19. The van der Waals surface area contributed by atoms with Crippen molar-refractivity contribution in [2.24, 2.45) is 0 Å². The van der Waals surface area contributed by atoms with Gasteiger partial charge in [-0.25, -0.2) is 13.4 Å². The second-order valence-electron chi connectivity index (χ2n) is 4.14. The predicted octanol–water partition coefficient (Wildman–Crippen LogP) is 3.81. The van der Waals surface area contributed by atoms with Crippen LogP contribution in [-0.4, -0.2) is 20.5 Å². The number of rotatable bonds is 5. The van der Waals surface area contributed by atoms with Crippen LogP contribution in [0.1, 0.15) is 11.3 Å². The van der Waals surface area contributed by atoms with Crippen LogP contribution >= 0.6 is 38.9 Å². The molecule has 0 aliphatic heterocycles. The van der Waals surface area contributed by atoms with Crippen LogP contribution in [-0.2, 0) is 21.4 Å². The molecule has 0 unspecified atom stereocenters. The summed E-state index contributed by atoms with van der Waals surface area (Å²) < 4.78 is 33.6. The number of ether oxygens (including phenoxy) is 1. The van der Waals surface area contributed by atoms with Gasteiger partial charge < -0.3 is 4.74 Å². The Bertz CT molecular complexity index is 762. The van der Waals surface area contributed by atoms with Crippen molar-refractivity contribution in [3.63, 3.8) is 0 Å². The number of hydrogen-bond donors (Lipinski definition) is 1. The number of nitrogens with zero attached hydrogens (tertiary/aromatic N) is 1. The molecule has 0 atom stereocenters. The molecule has 0 aliphatic rings. The fourth-order valence-corrected chi connectivity index (χ4v) is 5.05. The van der Waals surface area contributed by atoms with Gasteiger partial charge in [0, 0.05) is 17.1 Å². The number of sulfonamides is 1. The molecule has 9 heteroatoms. The molecule has 1 N–H and O–H groups in total. The van der Waals surface area contributed by atoms with Crippen molar-refractivity contribution in [2.45, 2.75) is 17.7 Å². The minimum absolute atomic E-state index is 0.107. The smallest absolute Gasteiger partial charge is 0.273 e. The highest BCUT2D eigenvalue weighted by molar-refractivity contribution is 9.10. The van der Waals surface area contributed by atoms with Crippen molar-refractivity contribution in [1.82, 2.24) is 4.98 Å². The Balaban J connectivity index is 2.42. The van der Waals surface area contributed by atoms with Crippen LogP contribution in [0.4, 0.5) is 5.69 Å². The second-order valence-corrected chi connectivity index (χ2v) is 8.46. The van der Waals surface area contributed by atoms with E-state index in [1.54, 1.807) is 26.2 Å². The summed E-state index contributed by atoms with van der Waals surface area (Å²) in [5.41, 5.74) is 1.55. The van der Waals surface area contributed by atoms with Crippen molar-refractivity contribution >= 4 is 54.6 Å². The number of nitrogens with one attached hydrogen (secondary N) is 1. The number of aryl methyl sites for hydroxylation is 1. The Kier molecular flexibility index (Phi) is 5.26. The number of methoxy groups -OCH3 is 1. The lowest BCUT2D eigenvalue weighted by Gasteiger charge is -2.13. The van der Waals surface area contributed by atoms with E-state index in [1.807, 2.05) is 6.07 Å². The standard InChI is InChI=1S/C12H12BrClN2O3S2/c1-7-11(20-12(14)15-7)21(17,18)16-10-5-3-4-9(13)8(10)6-19-2/h3-5,16H,6H2,1-2H3. The molecule has 0 amide bonds. The van der Waals surface area contributed by atoms with Crippen LogP contribution < -0.4 is 4.72 Å². The molecule has 5 nitrogen and oxygen atoms in total. The number of anilines is 1. The summed E-state index contributed by atoms with van der Waals surface area (Å²) in [5, 5.41) is 0. The van der Waals surface area contributed by atoms with Gasteiger partial charge >= 0.3 is 0 Å². The average molecular weight is 412 g/mol. The summed E-state index contributed by atoms with van der Waals surface area (Å²) >= 11 is 10.1. The summed E-state index contributed by atoms with van der Waals surface area (Å²) in [6, 6.07) is 5.24. The summed E-state index contributed by atoms with van der Waals surface area (Å²) in [6.07, 6.45) is 0. The quantitative estimate of drug-likeness (QED) is 0.812. The van der Waals surface area contributed by atoms with Gasteiger partial charge in [-0.05, 0) is 19.1 Å². The van der Waals surface area contributed by atoms with Crippen LogP contribution in [0.2, 0.25) is 4.47 Å². The summed E-state index contributed by atoms with van der Waals surface area (Å²) in [6.45, 7) is 1.88. The highest BCUT2D eigenvalue weighted by Gasteiger charge is 2.23. The number of benzene rings is 1. The van der Waals surface area contributed by atoms with Gasteiger partial charge in [-0.3, -0.25) is 4.72 Å². The number of halogens is 2. The molecule has 1 aromatic carbocycles. The molecule has 0 saturated heterocycles. The van der Waals surface area contributed by atoms with Crippen LogP contribution in [0, 0.1) is 6.92 Å². The van der Waals surface area contributed by atoms with E-state index >= 15 is 0 Å². The first kappa shape index (κ1) is 16.7. The highest BCUT2D eigenvalue weighted by Crippen LogP contribution is 2.31. The van der Waals surface area contributed by atoms with E-state index in [0.717, 1.165) is 21.4 Å². The van der Waals surface area contributed by atoms with Crippen molar-refractivity contribution in [3.05, 3.63) is 38.4 Å². The van der Waals surface area contributed by atoms with Gasteiger partial charge in [-0.2, -0.15) is 0 Å². The van der Waals surface area contributed by atoms with Crippen molar-refractivity contribution in [1.29, 1.82) is 0 Å². The fraction of sp³-hybridized carbons (Fsp3) is 0.250. The zero-order valence-corrected chi connectivity index (χ0v) is 15.2. The van der Waals surface area contributed by atoms with E-state index in [9.17, 15) is 8.42 Å². The minimum Gasteiger partial charge on any atom is -0.380 e. The summed E-state index contributed by atoms with van der Waals surface area (Å²) in [4.78, 5) is 3.93. The first-order valence-electron chi connectivity index (χ1n) is 5.77. The third kappa shape index (κ3) is 3.75. The highest BCUT2D eigenvalue weighted by atomic mass is 79.9. The lowest BCUT2D eigenvalue weighted by atomic mass is 10.2. The van der Waals surface area contributed by atoms with Crippen LogP contribution in [0.5, 0.6) is 0 Å². The van der Waals surface area contributed by atoms with Crippen LogP contribution in [0.15, 0.2) is 26.9 Å². The van der Waals surface area contributed by atoms with E-state index in [2.05, 4.69) is 25.6 Å². The zero-order chi connectivity index (χ0) is 15.6. The monoisotopic (exact) mass is 410 g/mol. The lowest BCUT2D eigenvalue weighted by molar-refractivity contribution is 0.185. The molecule has 1 heterocycles. The van der Waals surface area contributed by atoms with Gasteiger partial charge in [-0.1, -0.05) is 44.9 Å². The molecule has 114 valence electrons. The van der Waals surface area contributed by atoms with Gasteiger partial charge in [0.2, 0.25) is 0 Å². The van der Waals surface area contributed by atoms with E-state index in [0.29, 0.717) is 11.4 Å². The van der Waals surface area contributed by atoms with Gasteiger partial charge in [0.15, 0.2) is 8.68 Å². The Labute approximate surface area is 140 Å². The molecular formula is C12H12BrClN2O3S2. The number of aromatic nitrogens is 1. The second kappa shape index (κ2) is 6.62. The first-order valence-corrected chi connectivity index (χ1v) is 9.24. The largest absolute Gasteiger partial charge is 0.380 e. The normalized spacial score (nSPS) is 11.6. The molecule has 2 rings (SSSR count). The molecule has 21 heavy (non-hydrogen) atoms. The number of thiazole rings is 1. The van der Waals surface area contributed by atoms with Gasteiger partial charge in [0.1, 0.15) is 0 Å². The molecule has 0 bridgehead atoms. The molecule has 0 aliphatic carbocycles. The van der Waals surface area contributed by atoms with E-state index in [-0.39, 0.29) is 15.3 Å². The van der Waals surface area contributed by atoms with Crippen LogP contribution in [0.25, 0.3) is 0 Å². The Morgan fingerprint density at radius 1 is 1.48 bits per heavy atom. The maximum atomic E-state index is 12.4. The molecule has 1 aromatic heterocycles. The molecular weight excluding hydrogens is 400 g/mol. The van der Waals surface area contributed by atoms with Gasteiger partial charge in [0.25, 0.3) is 10.0 Å². The Hall–Kier alpha value is -0.670. The molecule has 2 aromatic rings. The average Bonchev–Trinajstić information content (AvgIpc) is 2.73. The SMILES string of the molecule is COCc1c(Br)cccc1NS(=O)(=O)c1sc(Cl)nc1C. The minimum atomic E-state index is -3.74. The van der Waals surface area contributed by atoms with Crippen molar-refractivity contribution in [2.75, 3.05) is 11.8 Å². The predicted molar refractivity (Wildman–Crippen MR) is 87.5 cm³/mol. The van der Waals surface area contributed by atoms with Gasteiger partial charge in [-0.15, -0.1) is 0 Å². The maximum Gasteiger partial charge on any atom is 0.273 e. The third-order valence-corrected chi connectivity index (χ3v) is 6.60. The van der Waals surface area contributed by atoms with Crippen molar-refractivity contribution in [3.8, 4) is 0 Å². The van der Waals surface area contributed by atoms with Gasteiger partial charge in [0.05, 0.1) is 18.0 Å². The Morgan fingerprint density at radius 2 is 2.19 bits per heavy atom. The maximum absolute atomic E-state index is 12.4. The van der Waals surface area contributed by atoms with E-state index in [4.69, 9.17) is 16.3 Å². The number of hydrogen-bond acceptors (Lipinski definition) is 5. The third-order valence-electron chi connectivity index (χ3n) is 2.62. The topological polar surface area (TPSA) is 68.3 Å². The summed E-state index contributed by atoms with van der Waals surface area (Å²) in [5.74, 6) is 0. The van der Waals surface area contributed by atoms with E-state index < -0.39 is 10.0 Å². The molecule has 0 radical (unpaired) electrons. The molecule has 0 spiro atoms. The van der Waals surface area contributed by atoms with Crippen molar-refractivity contribution < 1.29 is 13.2 Å². The first-order chi connectivity index (χ1) is 9.85. The zero-order valence-electron chi connectivity index (χ0n) is 11.2. The Morgan fingerprint density at radius 3 is 2.76 bits per heavy atom. The molecule has 0 saturated carbocycles. The lowest BCUT2D eigenvalue weighted by Crippen LogP contribution is -2.14. The fourth-order valence-electron chi connectivity index (χ4n) is 1.74. The van der Waals surface area contributed by atoms with Crippen LogP contribution in [0.3, 0.4) is 0 Å². The van der Waals surface area contributed by atoms with E-state index in [1.165, 1.54) is 0 Å².